The zero-order valence-corrected chi connectivity index (χ0v) is 11.4. The molecule has 0 heterocycles. The van der Waals surface area contributed by atoms with Crippen LogP contribution in [0.4, 0.5) is 14.5 Å². The minimum Gasteiger partial charge on any atom is -0.352 e. The van der Waals surface area contributed by atoms with Crippen LogP contribution >= 0.6 is 0 Å². The number of nitro groups is 1. The molecule has 1 aliphatic carbocycles. The Bertz CT molecular complexity index is 557. The van der Waals surface area contributed by atoms with Crippen LogP contribution in [0.3, 0.4) is 0 Å². The molecule has 1 aromatic carbocycles. The van der Waals surface area contributed by atoms with E-state index in [-0.39, 0.29) is 0 Å². The zero-order chi connectivity index (χ0) is 15.4. The zero-order valence-electron chi connectivity index (χ0n) is 11.4. The number of rotatable bonds is 4. The summed E-state index contributed by atoms with van der Waals surface area (Å²) >= 11 is 0. The highest BCUT2D eigenvalue weighted by Crippen LogP contribution is 2.24. The van der Waals surface area contributed by atoms with E-state index in [9.17, 15) is 23.7 Å². The minimum atomic E-state index is -1.22. The van der Waals surface area contributed by atoms with Crippen LogP contribution in [0.15, 0.2) is 12.1 Å². The van der Waals surface area contributed by atoms with Crippen molar-refractivity contribution >= 4 is 11.6 Å². The lowest BCUT2D eigenvalue weighted by atomic mass is 9.89. The molecule has 2 rings (SSSR count). The van der Waals surface area contributed by atoms with Crippen molar-refractivity contribution in [2.45, 2.75) is 32.1 Å². The summed E-state index contributed by atoms with van der Waals surface area (Å²) in [5.41, 5.74) is -1.48. The standard InChI is InChI=1S/C14H16F2N2O3/c15-11-7-13(18(20)21)12(16)6-10(11)14(19)17-8-9-4-2-1-3-5-9/h6-7,9H,1-5,8H2,(H,17,19). The van der Waals surface area contributed by atoms with Crippen LogP contribution in [0, 0.1) is 27.7 Å². The van der Waals surface area contributed by atoms with Gasteiger partial charge in [-0.3, -0.25) is 14.9 Å². The van der Waals surface area contributed by atoms with Gasteiger partial charge in [0.15, 0.2) is 0 Å². The fraction of sp³-hybridized carbons (Fsp3) is 0.500. The molecule has 0 saturated heterocycles. The Kier molecular flexibility index (Phi) is 4.82. The van der Waals surface area contributed by atoms with Crippen molar-refractivity contribution in [2.24, 2.45) is 5.92 Å². The van der Waals surface area contributed by atoms with Gasteiger partial charge in [-0.2, -0.15) is 4.39 Å². The van der Waals surface area contributed by atoms with Gasteiger partial charge >= 0.3 is 5.69 Å². The maximum Gasteiger partial charge on any atom is 0.307 e. The summed E-state index contributed by atoms with van der Waals surface area (Å²) in [7, 11) is 0. The smallest absolute Gasteiger partial charge is 0.307 e. The molecule has 0 atom stereocenters. The number of amides is 1. The molecular formula is C14H16F2N2O3. The summed E-state index contributed by atoms with van der Waals surface area (Å²) in [5, 5.41) is 13.1. The van der Waals surface area contributed by atoms with E-state index < -0.39 is 33.7 Å². The van der Waals surface area contributed by atoms with Gasteiger partial charge in [0, 0.05) is 6.54 Å². The first kappa shape index (κ1) is 15.3. The first-order chi connectivity index (χ1) is 9.99. The van der Waals surface area contributed by atoms with E-state index in [1.807, 2.05) is 0 Å². The number of benzene rings is 1. The van der Waals surface area contributed by atoms with Gasteiger partial charge in [0.2, 0.25) is 5.82 Å². The number of hydrogen-bond acceptors (Lipinski definition) is 3. The molecule has 0 aliphatic heterocycles. The number of nitrogens with one attached hydrogen (secondary N) is 1. The molecule has 0 unspecified atom stereocenters. The molecule has 1 fully saturated rings. The highest BCUT2D eigenvalue weighted by Gasteiger charge is 2.22. The molecular weight excluding hydrogens is 282 g/mol. The van der Waals surface area contributed by atoms with E-state index in [0.29, 0.717) is 24.6 Å². The summed E-state index contributed by atoms with van der Waals surface area (Å²) in [5.74, 6) is -2.70. The average molecular weight is 298 g/mol. The Hall–Kier alpha value is -2.05. The van der Waals surface area contributed by atoms with E-state index >= 15 is 0 Å². The van der Waals surface area contributed by atoms with Crippen LogP contribution in [0.2, 0.25) is 0 Å². The number of nitro benzene ring substituents is 1. The van der Waals surface area contributed by atoms with Gasteiger partial charge in [-0.25, -0.2) is 4.39 Å². The summed E-state index contributed by atoms with van der Waals surface area (Å²) < 4.78 is 27.1. The molecule has 114 valence electrons. The summed E-state index contributed by atoms with van der Waals surface area (Å²) in [6.07, 6.45) is 5.43. The summed E-state index contributed by atoms with van der Waals surface area (Å²) in [6, 6.07) is 1.01. The van der Waals surface area contributed by atoms with E-state index in [2.05, 4.69) is 5.32 Å². The molecule has 7 heteroatoms. The van der Waals surface area contributed by atoms with Crippen LogP contribution in [0.1, 0.15) is 42.5 Å². The monoisotopic (exact) mass is 298 g/mol. The molecule has 1 aromatic rings. The van der Waals surface area contributed by atoms with Gasteiger partial charge in [-0.15, -0.1) is 0 Å². The molecule has 0 radical (unpaired) electrons. The molecule has 1 saturated carbocycles. The van der Waals surface area contributed by atoms with Crippen molar-refractivity contribution in [2.75, 3.05) is 6.54 Å². The quantitative estimate of drug-likeness (QED) is 0.685. The van der Waals surface area contributed by atoms with Crippen molar-refractivity contribution in [3.05, 3.63) is 39.4 Å². The fourth-order valence-electron chi connectivity index (χ4n) is 2.57. The molecule has 1 N–H and O–H groups in total. The predicted molar refractivity (Wildman–Crippen MR) is 71.9 cm³/mol. The van der Waals surface area contributed by atoms with Gasteiger partial charge in [-0.1, -0.05) is 19.3 Å². The van der Waals surface area contributed by atoms with Crippen LogP contribution in [-0.2, 0) is 0 Å². The maximum absolute atomic E-state index is 13.7. The van der Waals surface area contributed by atoms with E-state index in [1.165, 1.54) is 6.42 Å². The van der Waals surface area contributed by atoms with Crippen molar-refractivity contribution in [1.29, 1.82) is 0 Å². The van der Waals surface area contributed by atoms with Gasteiger partial charge in [0.25, 0.3) is 5.91 Å². The second-order valence-corrected chi connectivity index (χ2v) is 5.25. The lowest BCUT2D eigenvalue weighted by molar-refractivity contribution is -0.387. The lowest BCUT2D eigenvalue weighted by Gasteiger charge is -2.21. The number of carbonyl (C=O) groups excluding carboxylic acids is 1. The largest absolute Gasteiger partial charge is 0.352 e. The summed E-state index contributed by atoms with van der Waals surface area (Å²) in [6.45, 7) is 0.414. The third kappa shape index (κ3) is 3.74. The van der Waals surface area contributed by atoms with Crippen LogP contribution in [0.5, 0.6) is 0 Å². The second kappa shape index (κ2) is 6.60. The Morgan fingerprint density at radius 2 is 1.90 bits per heavy atom. The Morgan fingerprint density at radius 1 is 1.24 bits per heavy atom. The lowest BCUT2D eigenvalue weighted by Crippen LogP contribution is -2.31. The van der Waals surface area contributed by atoms with Gasteiger partial charge in [0.05, 0.1) is 16.6 Å². The maximum atomic E-state index is 13.7. The number of nitrogens with zero attached hydrogens (tertiary/aromatic N) is 1. The molecule has 0 aromatic heterocycles. The van der Waals surface area contributed by atoms with Gasteiger partial charge in [0.1, 0.15) is 5.82 Å². The van der Waals surface area contributed by atoms with Crippen LogP contribution < -0.4 is 5.32 Å². The first-order valence-corrected chi connectivity index (χ1v) is 6.90. The highest BCUT2D eigenvalue weighted by molar-refractivity contribution is 5.94. The SMILES string of the molecule is O=C(NCC1CCCCC1)c1cc(F)c([N+](=O)[O-])cc1F. The van der Waals surface area contributed by atoms with E-state index in [1.54, 1.807) is 0 Å². The fourth-order valence-corrected chi connectivity index (χ4v) is 2.57. The van der Waals surface area contributed by atoms with Crippen molar-refractivity contribution in [3.63, 3.8) is 0 Å². The van der Waals surface area contributed by atoms with Gasteiger partial charge in [-0.05, 0) is 24.8 Å². The van der Waals surface area contributed by atoms with Crippen molar-refractivity contribution in [3.8, 4) is 0 Å². The topological polar surface area (TPSA) is 72.2 Å². The Balaban J connectivity index is 2.05. The molecule has 21 heavy (non-hydrogen) atoms. The van der Waals surface area contributed by atoms with Gasteiger partial charge < -0.3 is 5.32 Å². The third-order valence-corrected chi connectivity index (χ3v) is 3.75. The molecule has 0 bridgehead atoms. The molecule has 1 amide bonds. The van der Waals surface area contributed by atoms with E-state index in [0.717, 1.165) is 25.7 Å². The average Bonchev–Trinajstić information content (AvgIpc) is 2.47. The molecule has 5 nitrogen and oxygen atoms in total. The minimum absolute atomic E-state index is 0.355. The van der Waals surface area contributed by atoms with Crippen LogP contribution in [-0.4, -0.2) is 17.4 Å². The number of carbonyl (C=O) groups is 1. The van der Waals surface area contributed by atoms with E-state index in [4.69, 9.17) is 0 Å². The first-order valence-electron chi connectivity index (χ1n) is 6.90. The summed E-state index contributed by atoms with van der Waals surface area (Å²) in [4.78, 5) is 21.3. The predicted octanol–water partition coefficient (Wildman–Crippen LogP) is 3.18. The number of halogens is 2. The Morgan fingerprint density at radius 3 is 2.52 bits per heavy atom. The molecule has 0 spiro atoms. The van der Waals surface area contributed by atoms with Crippen LogP contribution in [0.25, 0.3) is 0 Å². The molecule has 1 aliphatic rings. The van der Waals surface area contributed by atoms with Crippen molar-refractivity contribution in [1.82, 2.24) is 5.32 Å². The normalized spacial score (nSPS) is 15.7. The second-order valence-electron chi connectivity index (χ2n) is 5.25. The highest BCUT2D eigenvalue weighted by atomic mass is 19.1. The number of hydrogen-bond donors (Lipinski definition) is 1. The Labute approximate surface area is 120 Å². The third-order valence-electron chi connectivity index (χ3n) is 3.75. The van der Waals surface area contributed by atoms with Crippen molar-refractivity contribution < 1.29 is 18.5 Å².